The van der Waals surface area contributed by atoms with Crippen LogP contribution in [0.3, 0.4) is 0 Å². The summed E-state index contributed by atoms with van der Waals surface area (Å²) < 4.78 is 18.4. The van der Waals surface area contributed by atoms with Crippen LogP contribution in [0, 0.1) is 5.82 Å². The van der Waals surface area contributed by atoms with Crippen molar-refractivity contribution in [3.63, 3.8) is 0 Å². The van der Waals surface area contributed by atoms with Gasteiger partial charge in [0.05, 0.1) is 7.11 Å². The van der Waals surface area contributed by atoms with Crippen molar-refractivity contribution in [2.75, 3.05) is 13.7 Å². The van der Waals surface area contributed by atoms with Gasteiger partial charge in [-0.2, -0.15) is 0 Å². The molecule has 2 unspecified atom stereocenters. The molecule has 2 rings (SSSR count). The summed E-state index contributed by atoms with van der Waals surface area (Å²) in [5, 5.41) is 6.28. The molecule has 6 heteroatoms. The SMILES string of the molecule is COc1ccc(C(=O)CCC(=O)NC2CCNC(C)C2)cc1F. The number of carbonyl (C=O) groups excluding carboxylic acids is 2. The van der Waals surface area contributed by atoms with Crippen LogP contribution in [0.15, 0.2) is 18.2 Å². The van der Waals surface area contributed by atoms with Crippen LogP contribution in [0.25, 0.3) is 0 Å². The highest BCUT2D eigenvalue weighted by Crippen LogP contribution is 2.19. The number of hydrogen-bond donors (Lipinski definition) is 2. The van der Waals surface area contributed by atoms with Crippen LogP contribution < -0.4 is 15.4 Å². The minimum atomic E-state index is -0.577. The highest BCUT2D eigenvalue weighted by atomic mass is 19.1. The maximum absolute atomic E-state index is 13.6. The van der Waals surface area contributed by atoms with Gasteiger partial charge in [-0.25, -0.2) is 4.39 Å². The van der Waals surface area contributed by atoms with E-state index in [1.54, 1.807) is 0 Å². The van der Waals surface area contributed by atoms with E-state index in [4.69, 9.17) is 4.74 Å². The van der Waals surface area contributed by atoms with Crippen molar-refractivity contribution < 1.29 is 18.7 Å². The summed E-state index contributed by atoms with van der Waals surface area (Å²) in [4.78, 5) is 24.0. The zero-order valence-corrected chi connectivity index (χ0v) is 13.5. The van der Waals surface area contributed by atoms with Gasteiger partial charge in [0.1, 0.15) is 0 Å². The molecule has 1 fully saturated rings. The number of ether oxygens (including phenoxy) is 1. The minimum Gasteiger partial charge on any atom is -0.494 e. The number of piperidine rings is 1. The highest BCUT2D eigenvalue weighted by Gasteiger charge is 2.20. The van der Waals surface area contributed by atoms with Crippen LogP contribution in [0.5, 0.6) is 5.75 Å². The lowest BCUT2D eigenvalue weighted by Crippen LogP contribution is -2.46. The molecular formula is C17H23FN2O3. The first-order chi connectivity index (χ1) is 11.0. The summed E-state index contributed by atoms with van der Waals surface area (Å²) in [5.74, 6) is -0.863. The Morgan fingerprint density at radius 1 is 1.39 bits per heavy atom. The minimum absolute atomic E-state index is 0.0676. The van der Waals surface area contributed by atoms with Crippen molar-refractivity contribution in [2.45, 2.75) is 44.7 Å². The van der Waals surface area contributed by atoms with E-state index in [1.807, 2.05) is 0 Å². The Bertz CT molecular complexity index is 577. The fourth-order valence-electron chi connectivity index (χ4n) is 2.77. The number of ketones is 1. The molecule has 0 radical (unpaired) electrons. The fourth-order valence-corrected chi connectivity index (χ4v) is 2.77. The quantitative estimate of drug-likeness (QED) is 0.787. The van der Waals surface area contributed by atoms with E-state index >= 15 is 0 Å². The van der Waals surface area contributed by atoms with Crippen molar-refractivity contribution in [2.24, 2.45) is 0 Å². The fraction of sp³-hybridized carbons (Fsp3) is 0.529. The monoisotopic (exact) mass is 322 g/mol. The van der Waals surface area contributed by atoms with Gasteiger partial charge in [-0.1, -0.05) is 0 Å². The second kappa shape index (κ2) is 8.06. The van der Waals surface area contributed by atoms with Gasteiger partial charge in [0, 0.05) is 30.5 Å². The molecule has 0 aliphatic carbocycles. The van der Waals surface area contributed by atoms with Crippen LogP contribution in [0.4, 0.5) is 4.39 Å². The van der Waals surface area contributed by atoms with E-state index in [2.05, 4.69) is 17.6 Å². The summed E-state index contributed by atoms with van der Waals surface area (Å²) >= 11 is 0. The van der Waals surface area contributed by atoms with Gasteiger partial charge in [-0.3, -0.25) is 9.59 Å². The Hall–Kier alpha value is -1.95. The van der Waals surface area contributed by atoms with E-state index in [0.29, 0.717) is 6.04 Å². The van der Waals surface area contributed by atoms with Gasteiger partial charge in [-0.05, 0) is 44.5 Å². The van der Waals surface area contributed by atoms with Crippen LogP contribution in [0.1, 0.15) is 43.0 Å². The second-order valence-electron chi connectivity index (χ2n) is 5.92. The molecule has 1 aliphatic heterocycles. The Morgan fingerprint density at radius 3 is 2.83 bits per heavy atom. The summed E-state index contributed by atoms with van der Waals surface area (Å²) in [7, 11) is 1.37. The van der Waals surface area contributed by atoms with E-state index in [0.717, 1.165) is 25.5 Å². The Labute approximate surface area is 135 Å². The number of hydrogen-bond acceptors (Lipinski definition) is 4. The topological polar surface area (TPSA) is 67.4 Å². The summed E-state index contributed by atoms with van der Waals surface area (Å²) in [5.41, 5.74) is 0.256. The lowest BCUT2D eigenvalue weighted by atomic mass is 10.00. The number of Topliss-reactive ketones (excluding diaryl/α,β-unsaturated/α-hetero) is 1. The number of nitrogens with one attached hydrogen (secondary N) is 2. The number of rotatable bonds is 6. The average Bonchev–Trinajstić information content (AvgIpc) is 2.52. The second-order valence-corrected chi connectivity index (χ2v) is 5.92. The third-order valence-electron chi connectivity index (χ3n) is 4.04. The summed E-state index contributed by atoms with van der Waals surface area (Å²) in [6, 6.07) is 4.62. The Morgan fingerprint density at radius 2 is 2.17 bits per heavy atom. The van der Waals surface area contributed by atoms with E-state index in [-0.39, 0.29) is 41.9 Å². The van der Waals surface area contributed by atoms with Gasteiger partial charge in [-0.15, -0.1) is 0 Å². The van der Waals surface area contributed by atoms with E-state index in [1.165, 1.54) is 19.2 Å². The molecular weight excluding hydrogens is 299 g/mol. The maximum Gasteiger partial charge on any atom is 0.220 e. The van der Waals surface area contributed by atoms with Crippen LogP contribution in [0.2, 0.25) is 0 Å². The molecule has 23 heavy (non-hydrogen) atoms. The molecule has 126 valence electrons. The summed E-state index contributed by atoms with van der Waals surface area (Å²) in [6.45, 7) is 2.97. The predicted molar refractivity (Wildman–Crippen MR) is 85.1 cm³/mol. The number of benzene rings is 1. The summed E-state index contributed by atoms with van der Waals surface area (Å²) in [6.07, 6.45) is 1.97. The smallest absolute Gasteiger partial charge is 0.220 e. The lowest BCUT2D eigenvalue weighted by Gasteiger charge is -2.28. The van der Waals surface area contributed by atoms with Gasteiger partial charge in [0.25, 0.3) is 0 Å². The van der Waals surface area contributed by atoms with Crippen molar-refractivity contribution in [1.82, 2.24) is 10.6 Å². The molecule has 1 amide bonds. The van der Waals surface area contributed by atoms with Crippen molar-refractivity contribution >= 4 is 11.7 Å². The highest BCUT2D eigenvalue weighted by molar-refractivity contribution is 5.98. The molecule has 5 nitrogen and oxygen atoms in total. The van der Waals surface area contributed by atoms with Crippen LogP contribution >= 0.6 is 0 Å². The first-order valence-electron chi connectivity index (χ1n) is 7.89. The molecule has 2 N–H and O–H groups in total. The number of carbonyl (C=O) groups is 2. The standard InChI is InChI=1S/C17H23FN2O3/c1-11-9-13(7-8-19-11)20-17(22)6-4-15(21)12-3-5-16(23-2)14(18)10-12/h3,5,10-11,13,19H,4,6-9H2,1-2H3,(H,20,22). The molecule has 1 aromatic carbocycles. The molecule has 0 spiro atoms. The molecule has 1 saturated heterocycles. The Balaban J connectivity index is 1.81. The molecule has 0 saturated carbocycles. The van der Waals surface area contributed by atoms with E-state index in [9.17, 15) is 14.0 Å². The molecule has 0 bridgehead atoms. The average molecular weight is 322 g/mol. The van der Waals surface area contributed by atoms with Gasteiger partial charge in [0.2, 0.25) is 5.91 Å². The molecule has 1 heterocycles. The number of halogens is 1. The third-order valence-corrected chi connectivity index (χ3v) is 4.04. The van der Waals surface area contributed by atoms with Gasteiger partial charge >= 0.3 is 0 Å². The van der Waals surface area contributed by atoms with Crippen molar-refractivity contribution in [1.29, 1.82) is 0 Å². The predicted octanol–water partition coefficient (Wildman–Crippen LogP) is 2.05. The van der Waals surface area contributed by atoms with Crippen LogP contribution in [-0.4, -0.2) is 37.4 Å². The van der Waals surface area contributed by atoms with Gasteiger partial charge < -0.3 is 15.4 Å². The first-order valence-corrected chi connectivity index (χ1v) is 7.89. The van der Waals surface area contributed by atoms with Crippen molar-refractivity contribution in [3.8, 4) is 5.75 Å². The molecule has 0 aromatic heterocycles. The third kappa shape index (κ3) is 5.03. The van der Waals surface area contributed by atoms with Crippen molar-refractivity contribution in [3.05, 3.63) is 29.6 Å². The Kier molecular flexibility index (Phi) is 6.10. The first kappa shape index (κ1) is 17.4. The number of amides is 1. The maximum atomic E-state index is 13.6. The van der Waals surface area contributed by atoms with Gasteiger partial charge in [0.15, 0.2) is 17.3 Å². The number of methoxy groups -OCH3 is 1. The normalized spacial score (nSPS) is 20.8. The largest absolute Gasteiger partial charge is 0.494 e. The molecule has 1 aromatic rings. The van der Waals surface area contributed by atoms with Crippen LogP contribution in [-0.2, 0) is 4.79 Å². The lowest BCUT2D eigenvalue weighted by molar-refractivity contribution is -0.122. The molecule has 1 aliphatic rings. The molecule has 2 atom stereocenters. The zero-order chi connectivity index (χ0) is 16.8. The zero-order valence-electron chi connectivity index (χ0n) is 13.5. The van der Waals surface area contributed by atoms with E-state index < -0.39 is 5.82 Å².